The molecular formula is C23H30N2O2S. The molecule has 4 nitrogen and oxygen atoms in total. The summed E-state index contributed by atoms with van der Waals surface area (Å²) < 4.78 is 0. The van der Waals surface area contributed by atoms with Gasteiger partial charge in [-0.2, -0.15) is 0 Å². The Morgan fingerprint density at radius 3 is 2.36 bits per heavy atom. The highest BCUT2D eigenvalue weighted by atomic mass is 32.1. The smallest absolute Gasteiger partial charge is 0.256 e. The Kier molecular flexibility index (Phi) is 5.67. The van der Waals surface area contributed by atoms with Crippen molar-refractivity contribution in [3.05, 3.63) is 51.4 Å². The number of thiophene rings is 1. The fourth-order valence-corrected chi connectivity index (χ4v) is 5.20. The van der Waals surface area contributed by atoms with Crippen LogP contribution < -0.4 is 11.1 Å². The number of primary amides is 1. The van der Waals surface area contributed by atoms with Crippen LogP contribution in [0.1, 0.15) is 83.7 Å². The predicted molar refractivity (Wildman–Crippen MR) is 116 cm³/mol. The second-order valence-corrected chi connectivity index (χ2v) is 10.2. The molecule has 28 heavy (non-hydrogen) atoms. The van der Waals surface area contributed by atoms with Crippen molar-refractivity contribution in [2.45, 2.75) is 59.8 Å². The first-order valence-corrected chi connectivity index (χ1v) is 10.7. The average molecular weight is 399 g/mol. The predicted octanol–water partition coefficient (Wildman–Crippen LogP) is 5.37. The summed E-state index contributed by atoms with van der Waals surface area (Å²) in [6, 6.07) is 7.61. The summed E-state index contributed by atoms with van der Waals surface area (Å²) in [7, 11) is 0. The molecule has 0 unspecified atom stereocenters. The quantitative estimate of drug-likeness (QED) is 0.726. The van der Waals surface area contributed by atoms with Crippen LogP contribution in [0.5, 0.6) is 0 Å². The van der Waals surface area contributed by atoms with Crippen LogP contribution in [0, 0.1) is 11.3 Å². The summed E-state index contributed by atoms with van der Waals surface area (Å²) in [6.07, 6.45) is 2.81. The van der Waals surface area contributed by atoms with Gasteiger partial charge in [0, 0.05) is 10.4 Å². The van der Waals surface area contributed by atoms with E-state index < -0.39 is 5.91 Å². The summed E-state index contributed by atoms with van der Waals surface area (Å²) >= 11 is 1.51. The molecule has 1 aromatic heterocycles. The van der Waals surface area contributed by atoms with Gasteiger partial charge in [-0.25, -0.2) is 0 Å². The van der Waals surface area contributed by atoms with Crippen molar-refractivity contribution in [3.8, 4) is 0 Å². The normalized spacial score (nSPS) is 16.7. The van der Waals surface area contributed by atoms with Crippen molar-refractivity contribution in [1.29, 1.82) is 0 Å². The molecule has 0 bridgehead atoms. The SMILES string of the molecule is CC(C)c1ccc(C(=O)Nc2sc3c(c2C(N)=O)CC[C@@H](C(C)(C)C)C3)cc1. The molecule has 1 aromatic carbocycles. The lowest BCUT2D eigenvalue weighted by molar-refractivity contribution is 0.1000. The second kappa shape index (κ2) is 7.70. The monoisotopic (exact) mass is 398 g/mol. The number of hydrogen-bond donors (Lipinski definition) is 2. The Morgan fingerprint density at radius 1 is 1.18 bits per heavy atom. The van der Waals surface area contributed by atoms with Crippen LogP contribution in [0.25, 0.3) is 0 Å². The number of fused-ring (bicyclic) bond motifs is 1. The topological polar surface area (TPSA) is 72.2 Å². The van der Waals surface area contributed by atoms with Crippen LogP contribution in [0.4, 0.5) is 5.00 Å². The molecule has 0 radical (unpaired) electrons. The van der Waals surface area contributed by atoms with Crippen LogP contribution in [0.3, 0.4) is 0 Å². The number of carbonyl (C=O) groups excluding carboxylic acids is 2. The summed E-state index contributed by atoms with van der Waals surface area (Å²) in [4.78, 5) is 26.1. The first-order valence-electron chi connectivity index (χ1n) is 9.93. The van der Waals surface area contributed by atoms with Gasteiger partial charge >= 0.3 is 0 Å². The first kappa shape index (κ1) is 20.6. The highest BCUT2D eigenvalue weighted by molar-refractivity contribution is 7.17. The molecule has 0 saturated heterocycles. The molecule has 0 fully saturated rings. The van der Waals surface area contributed by atoms with Gasteiger partial charge in [-0.15, -0.1) is 11.3 Å². The van der Waals surface area contributed by atoms with Crippen molar-refractivity contribution in [1.82, 2.24) is 0 Å². The number of rotatable bonds is 4. The van der Waals surface area contributed by atoms with E-state index >= 15 is 0 Å². The maximum absolute atomic E-state index is 12.7. The van der Waals surface area contributed by atoms with E-state index in [1.807, 2.05) is 24.3 Å². The van der Waals surface area contributed by atoms with Crippen LogP contribution >= 0.6 is 11.3 Å². The molecular weight excluding hydrogens is 368 g/mol. The Bertz CT molecular complexity index is 889. The van der Waals surface area contributed by atoms with Gasteiger partial charge in [0.05, 0.1) is 5.56 Å². The van der Waals surface area contributed by atoms with Gasteiger partial charge in [0.25, 0.3) is 11.8 Å². The number of anilines is 1. The Morgan fingerprint density at radius 2 is 1.82 bits per heavy atom. The van der Waals surface area contributed by atoms with E-state index in [2.05, 4.69) is 39.9 Å². The van der Waals surface area contributed by atoms with Crippen molar-refractivity contribution < 1.29 is 9.59 Å². The number of nitrogens with two attached hydrogens (primary N) is 1. The van der Waals surface area contributed by atoms with E-state index in [9.17, 15) is 9.59 Å². The maximum atomic E-state index is 12.7. The van der Waals surface area contributed by atoms with Crippen LogP contribution in [-0.4, -0.2) is 11.8 Å². The van der Waals surface area contributed by atoms with Crippen LogP contribution in [0.15, 0.2) is 24.3 Å². The third-order valence-electron chi connectivity index (χ3n) is 5.80. The zero-order valence-corrected chi connectivity index (χ0v) is 18.2. The van der Waals surface area contributed by atoms with Gasteiger partial charge in [0.2, 0.25) is 0 Å². The largest absolute Gasteiger partial charge is 0.365 e. The summed E-state index contributed by atoms with van der Waals surface area (Å²) in [5, 5.41) is 3.53. The van der Waals surface area contributed by atoms with E-state index in [0.717, 1.165) is 24.8 Å². The van der Waals surface area contributed by atoms with Crippen molar-refractivity contribution in [2.24, 2.45) is 17.1 Å². The minimum atomic E-state index is -0.461. The van der Waals surface area contributed by atoms with Crippen molar-refractivity contribution in [2.75, 3.05) is 5.32 Å². The van der Waals surface area contributed by atoms with Gasteiger partial charge in [-0.05, 0) is 59.8 Å². The number of benzene rings is 1. The Labute approximate surface area is 171 Å². The number of carbonyl (C=O) groups is 2. The standard InChI is InChI=1S/C23H30N2O2S/c1-13(2)14-6-8-15(9-7-14)21(27)25-22-19(20(24)26)17-11-10-16(23(3,4)5)12-18(17)28-22/h6-9,13,16H,10-12H2,1-5H3,(H2,24,26)(H,25,27)/t16-/m1/s1. The number of nitrogens with one attached hydrogen (secondary N) is 1. The molecule has 2 amide bonds. The fourth-order valence-electron chi connectivity index (χ4n) is 3.87. The molecule has 1 heterocycles. The number of amides is 2. The molecule has 0 spiro atoms. The number of hydrogen-bond acceptors (Lipinski definition) is 3. The van der Waals surface area contributed by atoms with E-state index in [1.165, 1.54) is 21.8 Å². The molecule has 3 rings (SSSR count). The molecule has 1 aliphatic rings. The Balaban J connectivity index is 1.87. The molecule has 0 aliphatic heterocycles. The minimum Gasteiger partial charge on any atom is -0.365 e. The lowest BCUT2D eigenvalue weighted by Crippen LogP contribution is -2.27. The van der Waals surface area contributed by atoms with E-state index in [0.29, 0.717) is 28.0 Å². The molecule has 2 aromatic rings. The molecule has 5 heteroatoms. The third-order valence-corrected chi connectivity index (χ3v) is 6.97. The molecule has 1 aliphatic carbocycles. The van der Waals surface area contributed by atoms with Gasteiger partial charge in [0.15, 0.2) is 0 Å². The third kappa shape index (κ3) is 4.14. The van der Waals surface area contributed by atoms with Gasteiger partial charge in [-0.1, -0.05) is 46.8 Å². The molecule has 150 valence electrons. The molecule has 3 N–H and O–H groups in total. The zero-order chi connectivity index (χ0) is 20.6. The van der Waals surface area contributed by atoms with Crippen LogP contribution in [0.2, 0.25) is 0 Å². The Hall–Kier alpha value is -2.14. The second-order valence-electron chi connectivity index (χ2n) is 9.11. The highest BCUT2D eigenvalue weighted by Gasteiger charge is 2.33. The van der Waals surface area contributed by atoms with Crippen molar-refractivity contribution in [3.63, 3.8) is 0 Å². The highest BCUT2D eigenvalue weighted by Crippen LogP contribution is 2.44. The van der Waals surface area contributed by atoms with Crippen molar-refractivity contribution >= 4 is 28.2 Å². The summed E-state index contributed by atoms with van der Waals surface area (Å²) in [6.45, 7) is 11.0. The first-order chi connectivity index (χ1) is 13.1. The van der Waals surface area contributed by atoms with Gasteiger partial charge in [0.1, 0.15) is 5.00 Å². The average Bonchev–Trinajstić information content (AvgIpc) is 2.98. The summed E-state index contributed by atoms with van der Waals surface area (Å²) in [5.74, 6) is 0.311. The zero-order valence-electron chi connectivity index (χ0n) is 17.4. The minimum absolute atomic E-state index is 0.205. The van der Waals surface area contributed by atoms with E-state index in [1.54, 1.807) is 0 Å². The summed E-state index contributed by atoms with van der Waals surface area (Å²) in [5.41, 5.74) is 9.21. The molecule has 0 saturated carbocycles. The lowest BCUT2D eigenvalue weighted by atomic mass is 9.72. The fraction of sp³-hybridized carbons (Fsp3) is 0.478. The van der Waals surface area contributed by atoms with Gasteiger partial charge < -0.3 is 11.1 Å². The van der Waals surface area contributed by atoms with E-state index in [4.69, 9.17) is 5.73 Å². The van der Waals surface area contributed by atoms with Crippen LogP contribution in [-0.2, 0) is 12.8 Å². The lowest BCUT2D eigenvalue weighted by Gasteiger charge is -2.33. The molecule has 1 atom stereocenters. The van der Waals surface area contributed by atoms with Gasteiger partial charge in [-0.3, -0.25) is 9.59 Å². The van der Waals surface area contributed by atoms with E-state index in [-0.39, 0.29) is 11.3 Å². The maximum Gasteiger partial charge on any atom is 0.256 e.